The normalized spacial score (nSPS) is 16.1. The van der Waals surface area contributed by atoms with Gasteiger partial charge >= 0.3 is 6.09 Å². The fraction of sp³-hybridized carbons (Fsp3) is 0.207. The van der Waals surface area contributed by atoms with Gasteiger partial charge in [-0.3, -0.25) is 0 Å². The molecule has 184 valence electrons. The first-order valence-corrected chi connectivity index (χ1v) is 13.6. The first-order chi connectivity index (χ1) is 17.5. The summed E-state index contributed by atoms with van der Waals surface area (Å²) in [5, 5.41) is 2.27. The second kappa shape index (κ2) is 10.4. The predicted octanol–water partition coefficient (Wildman–Crippen LogP) is 5.96. The van der Waals surface area contributed by atoms with Gasteiger partial charge in [0.25, 0.3) is 0 Å². The monoisotopic (exact) mass is 500 g/mol. The number of carbonyl (C=O) groups excluding carboxylic acids is 1. The molecule has 0 radical (unpaired) electrons. The van der Waals surface area contributed by atoms with E-state index < -0.39 is 9.84 Å². The molecule has 1 aliphatic heterocycles. The minimum Gasteiger partial charge on any atom is -0.445 e. The SMILES string of the molecule is O=C(OCc1ccccc1)N1CCC[C@@H]1Cc1c[nH]c2ccc(C=CS(=O)(=O)c3ccccc3)cc12. The molecule has 2 heterocycles. The summed E-state index contributed by atoms with van der Waals surface area (Å²) in [6.07, 6.45) is 5.89. The molecule has 1 N–H and O–H groups in total. The first-order valence-electron chi connectivity index (χ1n) is 12.1. The van der Waals surface area contributed by atoms with Crippen LogP contribution in [0.5, 0.6) is 0 Å². The molecule has 1 aromatic heterocycles. The van der Waals surface area contributed by atoms with Gasteiger partial charge in [0.2, 0.25) is 0 Å². The van der Waals surface area contributed by atoms with Crippen LogP contribution in [0.4, 0.5) is 4.79 Å². The van der Waals surface area contributed by atoms with Crippen molar-refractivity contribution < 1.29 is 17.9 Å². The summed E-state index contributed by atoms with van der Waals surface area (Å²) in [6.45, 7) is 0.948. The van der Waals surface area contributed by atoms with Crippen LogP contribution in [0, 0.1) is 0 Å². The van der Waals surface area contributed by atoms with E-state index >= 15 is 0 Å². The number of benzene rings is 3. The fourth-order valence-corrected chi connectivity index (χ4v) is 5.70. The maximum absolute atomic E-state index is 12.8. The molecule has 3 aromatic carbocycles. The van der Waals surface area contributed by atoms with Gasteiger partial charge in [-0.25, -0.2) is 13.2 Å². The molecule has 0 aliphatic carbocycles. The molecule has 6 nitrogen and oxygen atoms in total. The Labute approximate surface area is 211 Å². The van der Waals surface area contributed by atoms with Crippen LogP contribution >= 0.6 is 0 Å². The fourth-order valence-electron chi connectivity index (χ4n) is 4.67. The molecule has 1 amide bonds. The number of hydrogen-bond acceptors (Lipinski definition) is 4. The Bertz CT molecular complexity index is 1480. The minimum absolute atomic E-state index is 0.0601. The first kappa shape index (κ1) is 23.9. The van der Waals surface area contributed by atoms with Crippen LogP contribution < -0.4 is 0 Å². The highest BCUT2D eigenvalue weighted by Crippen LogP contribution is 2.27. The van der Waals surface area contributed by atoms with Gasteiger partial charge in [-0.2, -0.15) is 0 Å². The van der Waals surface area contributed by atoms with Crippen LogP contribution in [0.15, 0.2) is 95.4 Å². The Balaban J connectivity index is 1.30. The third kappa shape index (κ3) is 5.36. The Morgan fingerprint density at radius 1 is 1.03 bits per heavy atom. The zero-order valence-corrected chi connectivity index (χ0v) is 20.7. The van der Waals surface area contributed by atoms with Crippen molar-refractivity contribution in [1.82, 2.24) is 9.88 Å². The number of carbonyl (C=O) groups is 1. The maximum Gasteiger partial charge on any atom is 0.410 e. The third-order valence-corrected chi connectivity index (χ3v) is 8.00. The molecule has 0 spiro atoms. The second-order valence-corrected chi connectivity index (χ2v) is 10.8. The molecular formula is C29H28N2O4S. The number of sulfone groups is 1. The van der Waals surface area contributed by atoms with Crippen molar-refractivity contribution in [2.45, 2.75) is 36.8 Å². The lowest BCUT2D eigenvalue weighted by Gasteiger charge is -2.24. The lowest BCUT2D eigenvalue weighted by molar-refractivity contribution is 0.0921. The highest BCUT2D eigenvalue weighted by atomic mass is 32.2. The highest BCUT2D eigenvalue weighted by molar-refractivity contribution is 7.94. The van der Waals surface area contributed by atoms with Crippen molar-refractivity contribution >= 4 is 32.9 Å². The zero-order valence-electron chi connectivity index (χ0n) is 19.8. The van der Waals surface area contributed by atoms with E-state index in [0.717, 1.165) is 40.4 Å². The molecule has 1 saturated heterocycles. The van der Waals surface area contributed by atoms with Crippen LogP contribution in [-0.4, -0.2) is 37.0 Å². The molecule has 1 aliphatic rings. The topological polar surface area (TPSA) is 79.5 Å². The Kier molecular flexibility index (Phi) is 6.91. The van der Waals surface area contributed by atoms with Gasteiger partial charge in [-0.05, 0) is 66.3 Å². The van der Waals surface area contributed by atoms with Crippen molar-refractivity contribution in [3.63, 3.8) is 0 Å². The highest BCUT2D eigenvalue weighted by Gasteiger charge is 2.30. The van der Waals surface area contributed by atoms with E-state index in [2.05, 4.69) is 4.98 Å². The molecule has 0 bridgehead atoms. The Morgan fingerprint density at radius 3 is 2.56 bits per heavy atom. The molecule has 36 heavy (non-hydrogen) atoms. The summed E-state index contributed by atoms with van der Waals surface area (Å²) in [5.74, 6) is 0. The summed E-state index contributed by atoms with van der Waals surface area (Å²) >= 11 is 0. The Morgan fingerprint density at radius 2 is 1.78 bits per heavy atom. The van der Waals surface area contributed by atoms with Crippen LogP contribution in [0.25, 0.3) is 17.0 Å². The van der Waals surface area contributed by atoms with Crippen LogP contribution in [0.1, 0.15) is 29.5 Å². The molecule has 1 fully saturated rings. The van der Waals surface area contributed by atoms with E-state index in [0.29, 0.717) is 13.0 Å². The van der Waals surface area contributed by atoms with Gasteiger partial charge in [0.1, 0.15) is 6.61 Å². The van der Waals surface area contributed by atoms with Crippen LogP contribution in [-0.2, 0) is 27.6 Å². The molecule has 1 atom stereocenters. The van der Waals surface area contributed by atoms with Crippen LogP contribution in [0.3, 0.4) is 0 Å². The maximum atomic E-state index is 12.8. The number of aromatic amines is 1. The van der Waals surface area contributed by atoms with Crippen molar-refractivity contribution in [3.05, 3.63) is 107 Å². The summed E-state index contributed by atoms with van der Waals surface area (Å²) < 4.78 is 30.8. The van der Waals surface area contributed by atoms with E-state index in [1.54, 1.807) is 36.4 Å². The van der Waals surface area contributed by atoms with Gasteiger partial charge in [0, 0.05) is 35.1 Å². The van der Waals surface area contributed by atoms with Gasteiger partial charge in [-0.15, -0.1) is 0 Å². The summed E-state index contributed by atoms with van der Waals surface area (Å²) in [6, 6.07) is 24.0. The zero-order chi connectivity index (χ0) is 25.0. The molecule has 0 saturated carbocycles. The van der Waals surface area contributed by atoms with Crippen molar-refractivity contribution in [3.8, 4) is 0 Å². The van der Waals surface area contributed by atoms with Gasteiger partial charge in [-0.1, -0.05) is 54.6 Å². The number of nitrogens with zero attached hydrogens (tertiary/aromatic N) is 1. The van der Waals surface area contributed by atoms with Crippen LogP contribution in [0.2, 0.25) is 0 Å². The van der Waals surface area contributed by atoms with E-state index in [1.807, 2.05) is 59.6 Å². The largest absolute Gasteiger partial charge is 0.445 e. The second-order valence-electron chi connectivity index (χ2n) is 9.01. The molecule has 5 rings (SSSR count). The van der Waals surface area contributed by atoms with Crippen molar-refractivity contribution in [1.29, 1.82) is 0 Å². The Hall–Kier alpha value is -3.84. The molecular weight excluding hydrogens is 472 g/mol. The number of rotatable bonds is 7. The number of amides is 1. The van der Waals surface area contributed by atoms with Crippen molar-refractivity contribution in [2.75, 3.05) is 6.54 Å². The number of H-pyrrole nitrogens is 1. The van der Waals surface area contributed by atoms with Gasteiger partial charge in [0.15, 0.2) is 9.84 Å². The van der Waals surface area contributed by atoms with Gasteiger partial charge in [0.05, 0.1) is 4.90 Å². The summed E-state index contributed by atoms with van der Waals surface area (Å²) in [4.78, 5) is 18.2. The molecule has 7 heteroatoms. The lowest BCUT2D eigenvalue weighted by Crippen LogP contribution is -2.37. The number of aromatic nitrogens is 1. The standard InChI is InChI=1S/C29H28N2O4S/c32-29(35-21-23-8-3-1-4-9-23)31-16-7-10-25(31)19-24-20-30-28-14-13-22(18-27(24)28)15-17-36(33,34)26-11-5-2-6-12-26/h1-6,8-9,11-15,17-18,20,25,30H,7,10,16,19,21H2/t25-/m1/s1. The third-order valence-electron chi connectivity index (χ3n) is 6.58. The molecule has 4 aromatic rings. The van der Waals surface area contributed by atoms with E-state index in [-0.39, 0.29) is 23.6 Å². The average Bonchev–Trinajstić information content (AvgIpc) is 3.54. The van der Waals surface area contributed by atoms with E-state index in [4.69, 9.17) is 4.74 Å². The predicted molar refractivity (Wildman–Crippen MR) is 141 cm³/mol. The number of hydrogen-bond donors (Lipinski definition) is 1. The average molecular weight is 501 g/mol. The minimum atomic E-state index is -3.52. The quantitative estimate of drug-likeness (QED) is 0.340. The lowest BCUT2D eigenvalue weighted by atomic mass is 10.0. The molecule has 0 unspecified atom stereocenters. The summed E-state index contributed by atoms with van der Waals surface area (Å²) in [5.41, 5.74) is 3.84. The van der Waals surface area contributed by atoms with Gasteiger partial charge < -0.3 is 14.6 Å². The summed E-state index contributed by atoms with van der Waals surface area (Å²) in [7, 11) is -3.52. The number of likely N-dealkylation sites (tertiary alicyclic amines) is 1. The smallest absolute Gasteiger partial charge is 0.410 e. The van der Waals surface area contributed by atoms with E-state index in [9.17, 15) is 13.2 Å². The number of fused-ring (bicyclic) bond motifs is 1. The van der Waals surface area contributed by atoms with Crippen molar-refractivity contribution in [2.24, 2.45) is 0 Å². The number of ether oxygens (including phenoxy) is 1. The number of nitrogens with one attached hydrogen (secondary N) is 1. The van der Waals surface area contributed by atoms with E-state index in [1.165, 1.54) is 5.41 Å².